The maximum Gasteiger partial charge on any atom is 0.146 e. The van der Waals surface area contributed by atoms with Crippen molar-refractivity contribution in [2.45, 2.75) is 12.5 Å². The summed E-state index contributed by atoms with van der Waals surface area (Å²) in [7, 11) is 0. The summed E-state index contributed by atoms with van der Waals surface area (Å²) < 4.78 is 41.2. The van der Waals surface area contributed by atoms with Crippen molar-refractivity contribution in [1.29, 1.82) is 0 Å². The molecule has 0 aliphatic rings. The van der Waals surface area contributed by atoms with Gasteiger partial charge in [-0.05, 0) is 39.7 Å². The van der Waals surface area contributed by atoms with Gasteiger partial charge in [0.05, 0.1) is 21.2 Å². The number of aliphatic hydroxyl groups excluding tert-OH is 1. The Kier molecular flexibility index (Phi) is 4.73. The molecule has 0 amide bonds. The summed E-state index contributed by atoms with van der Waals surface area (Å²) in [6.07, 6.45) is -1.79. The molecule has 0 aliphatic heterocycles. The third-order valence-electron chi connectivity index (χ3n) is 2.86. The van der Waals surface area contributed by atoms with Crippen LogP contribution in [0.5, 0.6) is 0 Å². The van der Waals surface area contributed by atoms with Gasteiger partial charge in [-0.3, -0.25) is 0 Å². The number of rotatable bonds is 3. The van der Waals surface area contributed by atoms with Crippen LogP contribution in [0.4, 0.5) is 13.2 Å². The molecule has 106 valence electrons. The number of hydrogen-bond donors (Lipinski definition) is 1. The van der Waals surface area contributed by atoms with Gasteiger partial charge in [0.1, 0.15) is 17.5 Å². The maximum atomic E-state index is 13.8. The van der Waals surface area contributed by atoms with E-state index in [-0.39, 0.29) is 21.5 Å². The lowest BCUT2D eigenvalue weighted by molar-refractivity contribution is 0.167. The average molecular weight is 366 g/mol. The van der Waals surface area contributed by atoms with E-state index in [9.17, 15) is 18.3 Å². The van der Waals surface area contributed by atoms with Gasteiger partial charge < -0.3 is 5.11 Å². The zero-order valence-electron chi connectivity index (χ0n) is 10.0. The third-order valence-corrected chi connectivity index (χ3v) is 3.76. The topological polar surface area (TPSA) is 20.2 Å². The molecule has 0 aliphatic carbocycles. The highest BCUT2D eigenvalue weighted by Gasteiger charge is 2.22. The van der Waals surface area contributed by atoms with E-state index in [1.54, 1.807) is 0 Å². The van der Waals surface area contributed by atoms with Gasteiger partial charge in [-0.2, -0.15) is 0 Å². The lowest BCUT2D eigenvalue weighted by Crippen LogP contribution is -2.09. The van der Waals surface area contributed by atoms with Crippen molar-refractivity contribution in [2.75, 3.05) is 0 Å². The minimum atomic E-state index is -1.51. The molecule has 0 aromatic heterocycles. The molecule has 1 nitrogen and oxygen atoms in total. The van der Waals surface area contributed by atoms with Crippen molar-refractivity contribution in [3.05, 3.63) is 68.4 Å². The largest absolute Gasteiger partial charge is 0.388 e. The van der Waals surface area contributed by atoms with E-state index in [1.807, 2.05) is 0 Å². The van der Waals surface area contributed by atoms with Crippen molar-refractivity contribution in [2.24, 2.45) is 0 Å². The standard InChI is InChI=1S/C14H9BrClF3O/c15-8-4-5-10(17)12(14(8)19)11(20)6-7-2-1-3-9(16)13(7)18/h1-5,11,20H,6H2. The molecule has 0 spiro atoms. The van der Waals surface area contributed by atoms with Crippen molar-refractivity contribution in [1.82, 2.24) is 0 Å². The summed E-state index contributed by atoms with van der Waals surface area (Å²) in [5, 5.41) is 9.86. The highest BCUT2D eigenvalue weighted by Crippen LogP contribution is 2.30. The van der Waals surface area contributed by atoms with Crippen LogP contribution in [0.1, 0.15) is 17.2 Å². The van der Waals surface area contributed by atoms with Gasteiger partial charge in [-0.1, -0.05) is 23.7 Å². The normalized spacial score (nSPS) is 12.5. The molecule has 2 aromatic carbocycles. The lowest BCUT2D eigenvalue weighted by atomic mass is 10.00. The van der Waals surface area contributed by atoms with Gasteiger partial charge in [0.15, 0.2) is 0 Å². The highest BCUT2D eigenvalue weighted by atomic mass is 79.9. The molecule has 0 heterocycles. The van der Waals surface area contributed by atoms with Crippen LogP contribution < -0.4 is 0 Å². The fraction of sp³-hybridized carbons (Fsp3) is 0.143. The molecule has 1 unspecified atom stereocenters. The first-order valence-electron chi connectivity index (χ1n) is 5.66. The van der Waals surface area contributed by atoms with Gasteiger partial charge in [0, 0.05) is 6.42 Å². The molecule has 2 rings (SSSR count). The van der Waals surface area contributed by atoms with Crippen LogP contribution in [0.25, 0.3) is 0 Å². The van der Waals surface area contributed by atoms with Gasteiger partial charge in [-0.15, -0.1) is 0 Å². The monoisotopic (exact) mass is 364 g/mol. The Balaban J connectivity index is 2.36. The van der Waals surface area contributed by atoms with Gasteiger partial charge in [0.2, 0.25) is 0 Å². The predicted molar refractivity (Wildman–Crippen MR) is 74.1 cm³/mol. The highest BCUT2D eigenvalue weighted by molar-refractivity contribution is 9.10. The zero-order valence-corrected chi connectivity index (χ0v) is 12.4. The van der Waals surface area contributed by atoms with Crippen molar-refractivity contribution in [3.8, 4) is 0 Å². The number of hydrogen-bond acceptors (Lipinski definition) is 1. The van der Waals surface area contributed by atoms with E-state index in [4.69, 9.17) is 11.6 Å². The molecule has 0 fully saturated rings. The Hall–Kier alpha value is -1.04. The molecule has 0 radical (unpaired) electrons. The molecule has 0 bridgehead atoms. The van der Waals surface area contributed by atoms with E-state index in [0.29, 0.717) is 0 Å². The number of halogens is 5. The Morgan fingerprint density at radius 3 is 2.50 bits per heavy atom. The first-order chi connectivity index (χ1) is 9.41. The quantitative estimate of drug-likeness (QED) is 0.775. The molecule has 0 saturated heterocycles. The van der Waals surface area contributed by atoms with Gasteiger partial charge in [0.25, 0.3) is 0 Å². The molecular formula is C14H9BrClF3O. The summed E-state index contributed by atoms with van der Waals surface area (Å²) in [6.45, 7) is 0. The van der Waals surface area contributed by atoms with Crippen LogP contribution in [0.2, 0.25) is 5.02 Å². The van der Waals surface area contributed by atoms with Gasteiger partial charge in [-0.25, -0.2) is 13.2 Å². The fourth-order valence-corrected chi connectivity index (χ4v) is 2.40. The van der Waals surface area contributed by atoms with E-state index >= 15 is 0 Å². The van der Waals surface area contributed by atoms with Crippen molar-refractivity contribution >= 4 is 27.5 Å². The summed E-state index contributed by atoms with van der Waals surface area (Å²) in [4.78, 5) is 0. The van der Waals surface area contributed by atoms with Crippen LogP contribution >= 0.6 is 27.5 Å². The van der Waals surface area contributed by atoms with E-state index < -0.39 is 29.1 Å². The maximum absolute atomic E-state index is 13.8. The Morgan fingerprint density at radius 1 is 1.10 bits per heavy atom. The molecular weight excluding hydrogens is 357 g/mol. The smallest absolute Gasteiger partial charge is 0.146 e. The second kappa shape index (κ2) is 6.16. The summed E-state index contributed by atoms with van der Waals surface area (Å²) in [5.74, 6) is -2.50. The lowest BCUT2D eigenvalue weighted by Gasteiger charge is -2.14. The summed E-state index contributed by atoms with van der Waals surface area (Å²) >= 11 is 8.53. The van der Waals surface area contributed by atoms with Crippen LogP contribution in [-0.4, -0.2) is 5.11 Å². The number of aliphatic hydroxyl groups is 1. The second-order valence-corrected chi connectivity index (χ2v) is 5.45. The van der Waals surface area contributed by atoms with Crippen LogP contribution in [-0.2, 0) is 6.42 Å². The third kappa shape index (κ3) is 3.00. The van der Waals surface area contributed by atoms with Crippen molar-refractivity contribution in [3.63, 3.8) is 0 Å². The SMILES string of the molecule is OC(Cc1cccc(Cl)c1F)c1c(F)ccc(Br)c1F. The predicted octanol–water partition coefficient (Wildman–Crippen LogP) is 4.80. The minimum absolute atomic E-state index is 0.0273. The minimum Gasteiger partial charge on any atom is -0.388 e. The summed E-state index contributed by atoms with van der Waals surface area (Å²) in [6, 6.07) is 6.48. The first kappa shape index (κ1) is 15.4. The second-order valence-electron chi connectivity index (χ2n) is 4.19. The molecule has 1 N–H and O–H groups in total. The Bertz CT molecular complexity index is 649. The average Bonchev–Trinajstić information content (AvgIpc) is 2.40. The molecule has 20 heavy (non-hydrogen) atoms. The van der Waals surface area contributed by atoms with Crippen LogP contribution in [0.3, 0.4) is 0 Å². The number of benzene rings is 2. The fourth-order valence-electron chi connectivity index (χ4n) is 1.86. The zero-order chi connectivity index (χ0) is 14.9. The Morgan fingerprint density at radius 2 is 1.80 bits per heavy atom. The molecule has 6 heteroatoms. The molecule has 2 aromatic rings. The molecule has 0 saturated carbocycles. The van der Waals surface area contributed by atoms with Crippen LogP contribution in [0, 0.1) is 17.5 Å². The van der Waals surface area contributed by atoms with Crippen molar-refractivity contribution < 1.29 is 18.3 Å². The van der Waals surface area contributed by atoms with Crippen LogP contribution in [0.15, 0.2) is 34.8 Å². The molecule has 1 atom stereocenters. The summed E-state index contributed by atoms with van der Waals surface area (Å²) in [5.41, 5.74) is -0.414. The van der Waals surface area contributed by atoms with E-state index in [2.05, 4.69) is 15.9 Å². The van der Waals surface area contributed by atoms with E-state index in [1.165, 1.54) is 24.3 Å². The Labute approximate surface area is 127 Å². The first-order valence-corrected chi connectivity index (χ1v) is 6.83. The van der Waals surface area contributed by atoms with Gasteiger partial charge >= 0.3 is 0 Å². The van der Waals surface area contributed by atoms with E-state index in [0.717, 1.165) is 6.07 Å².